The van der Waals surface area contributed by atoms with Crippen molar-refractivity contribution in [2.45, 2.75) is 113 Å². The first kappa shape index (κ1) is 31.4. The van der Waals surface area contributed by atoms with Gasteiger partial charge < -0.3 is 0 Å². The van der Waals surface area contributed by atoms with Crippen LogP contribution in [0, 0.1) is 49.4 Å². The third-order valence-corrected chi connectivity index (χ3v) is 8.92. The standard InChI is InChI=1S/C34H36F6S/c1-23-19-29(33(35,36)37)27(17-15-25-11-7-3-4-8-12-25)31(21-23)41-32-22-24(2)20-30(34(38,39)40)28(32)18-16-26-13-9-5-6-10-14-26/h19-22,25-26H,3-14H2,1-2H3. The van der Waals surface area contributed by atoms with Crippen LogP contribution in [-0.2, 0) is 12.4 Å². The molecule has 2 aliphatic rings. The monoisotopic (exact) mass is 590 g/mol. The van der Waals surface area contributed by atoms with E-state index in [1.807, 2.05) is 0 Å². The lowest BCUT2D eigenvalue weighted by molar-refractivity contribution is -0.138. The fourth-order valence-electron chi connectivity index (χ4n) is 5.69. The van der Waals surface area contributed by atoms with E-state index in [-0.39, 0.29) is 32.8 Å². The maximum atomic E-state index is 14.3. The number of halogens is 6. The molecule has 7 heteroatoms. The third-order valence-electron chi connectivity index (χ3n) is 7.84. The molecule has 2 aromatic carbocycles. The maximum Gasteiger partial charge on any atom is 0.417 e. The summed E-state index contributed by atoms with van der Waals surface area (Å²) in [6.07, 6.45) is 2.42. The van der Waals surface area contributed by atoms with E-state index in [9.17, 15) is 26.3 Å². The van der Waals surface area contributed by atoms with Gasteiger partial charge in [-0.2, -0.15) is 26.3 Å². The Morgan fingerprint density at radius 3 is 1.22 bits per heavy atom. The second kappa shape index (κ2) is 13.6. The van der Waals surface area contributed by atoms with Crippen LogP contribution < -0.4 is 0 Å². The fourth-order valence-corrected chi connectivity index (χ4v) is 6.94. The second-order valence-corrected chi connectivity index (χ2v) is 12.5. The molecule has 0 atom stereocenters. The van der Waals surface area contributed by atoms with Crippen molar-refractivity contribution in [2.75, 3.05) is 0 Å². The van der Waals surface area contributed by atoms with E-state index in [1.54, 1.807) is 26.0 Å². The number of benzene rings is 2. The predicted octanol–water partition coefficient (Wildman–Crippen LogP) is 11.1. The molecule has 0 heterocycles. The molecule has 220 valence electrons. The molecule has 0 unspecified atom stereocenters. The number of hydrogen-bond acceptors (Lipinski definition) is 1. The van der Waals surface area contributed by atoms with Gasteiger partial charge >= 0.3 is 12.4 Å². The van der Waals surface area contributed by atoms with Crippen LogP contribution in [0.25, 0.3) is 0 Å². The molecular weight excluding hydrogens is 554 g/mol. The van der Waals surface area contributed by atoms with Gasteiger partial charge in [-0.25, -0.2) is 0 Å². The largest absolute Gasteiger partial charge is 0.417 e. The summed E-state index contributed by atoms with van der Waals surface area (Å²) in [6, 6.07) is 5.33. The molecule has 0 bridgehead atoms. The molecule has 0 nitrogen and oxygen atoms in total. The lowest BCUT2D eigenvalue weighted by Crippen LogP contribution is -2.11. The molecule has 0 aliphatic heterocycles. The summed E-state index contributed by atoms with van der Waals surface area (Å²) in [6.45, 7) is 3.12. The quantitative estimate of drug-likeness (QED) is 0.190. The Morgan fingerprint density at radius 2 is 0.902 bits per heavy atom. The van der Waals surface area contributed by atoms with E-state index in [4.69, 9.17) is 0 Å². The number of rotatable bonds is 2. The lowest BCUT2D eigenvalue weighted by Gasteiger charge is -2.18. The number of aryl methyl sites for hydroxylation is 2. The van der Waals surface area contributed by atoms with Gasteiger partial charge in [-0.3, -0.25) is 0 Å². The highest BCUT2D eigenvalue weighted by atomic mass is 32.2. The van der Waals surface area contributed by atoms with Crippen LogP contribution in [0.2, 0.25) is 0 Å². The van der Waals surface area contributed by atoms with Gasteiger partial charge in [-0.05, 0) is 74.9 Å². The lowest BCUT2D eigenvalue weighted by atomic mass is 9.99. The molecule has 0 saturated heterocycles. The van der Waals surface area contributed by atoms with Crippen molar-refractivity contribution in [3.63, 3.8) is 0 Å². The fraction of sp³-hybridized carbons (Fsp3) is 0.529. The van der Waals surface area contributed by atoms with Crippen molar-refractivity contribution in [3.8, 4) is 23.7 Å². The Bertz CT molecular complexity index is 1230. The minimum atomic E-state index is -4.65. The van der Waals surface area contributed by atoms with Crippen molar-refractivity contribution in [3.05, 3.63) is 57.6 Å². The van der Waals surface area contributed by atoms with Crippen molar-refractivity contribution >= 4 is 11.8 Å². The Hall–Kier alpha value is -2.51. The first-order valence-electron chi connectivity index (χ1n) is 14.6. The Morgan fingerprint density at radius 1 is 0.561 bits per heavy atom. The highest BCUT2D eigenvalue weighted by Gasteiger charge is 2.36. The van der Waals surface area contributed by atoms with E-state index in [2.05, 4.69) is 23.7 Å². The molecule has 0 radical (unpaired) electrons. The average molecular weight is 591 g/mol. The first-order valence-corrected chi connectivity index (χ1v) is 15.4. The maximum absolute atomic E-state index is 14.3. The minimum absolute atomic E-state index is 0.00883. The normalized spacial score (nSPS) is 17.6. The molecule has 2 aliphatic carbocycles. The smallest absolute Gasteiger partial charge is 0.166 e. The molecule has 4 rings (SSSR count). The van der Waals surface area contributed by atoms with Gasteiger partial charge in [-0.1, -0.05) is 86.8 Å². The van der Waals surface area contributed by atoms with Crippen LogP contribution in [0.15, 0.2) is 34.1 Å². The van der Waals surface area contributed by atoms with Gasteiger partial charge in [0.05, 0.1) is 22.3 Å². The van der Waals surface area contributed by atoms with Crippen LogP contribution in [0.4, 0.5) is 26.3 Å². The second-order valence-electron chi connectivity index (χ2n) is 11.4. The number of alkyl halides is 6. The van der Waals surface area contributed by atoms with E-state index >= 15 is 0 Å². The van der Waals surface area contributed by atoms with Gasteiger partial charge in [0.2, 0.25) is 0 Å². The summed E-state index contributed by atoms with van der Waals surface area (Å²) >= 11 is 0.906. The molecule has 0 spiro atoms. The Labute approximate surface area is 244 Å². The summed E-state index contributed by atoms with van der Waals surface area (Å²) < 4.78 is 85.5. The number of hydrogen-bond donors (Lipinski definition) is 0. The third kappa shape index (κ3) is 8.74. The zero-order valence-corrected chi connectivity index (χ0v) is 24.4. The van der Waals surface area contributed by atoms with E-state index in [0.29, 0.717) is 11.1 Å². The average Bonchev–Trinajstić information content (AvgIpc) is 3.31. The van der Waals surface area contributed by atoms with Crippen molar-refractivity contribution < 1.29 is 26.3 Å². The molecule has 2 aromatic rings. The topological polar surface area (TPSA) is 0 Å². The summed E-state index contributed by atoms with van der Waals surface area (Å²) in [4.78, 5) is 0.407. The molecule has 0 N–H and O–H groups in total. The summed E-state index contributed by atoms with van der Waals surface area (Å²) in [5.41, 5.74) is -1.30. The minimum Gasteiger partial charge on any atom is -0.166 e. The van der Waals surface area contributed by atoms with Crippen LogP contribution in [0.1, 0.15) is 110 Å². The molecule has 0 amide bonds. The molecular formula is C34H36F6S. The van der Waals surface area contributed by atoms with E-state index in [0.717, 1.165) is 101 Å². The zero-order valence-electron chi connectivity index (χ0n) is 23.6. The summed E-state index contributed by atoms with van der Waals surface area (Å²) in [5.74, 6) is 11.9. The van der Waals surface area contributed by atoms with Crippen LogP contribution in [0.3, 0.4) is 0 Å². The van der Waals surface area contributed by atoms with Crippen molar-refractivity contribution in [1.29, 1.82) is 0 Å². The van der Waals surface area contributed by atoms with E-state index < -0.39 is 23.5 Å². The molecule has 0 aromatic heterocycles. The van der Waals surface area contributed by atoms with Crippen LogP contribution >= 0.6 is 11.8 Å². The van der Waals surface area contributed by atoms with Gasteiger partial charge in [0.1, 0.15) is 0 Å². The molecule has 41 heavy (non-hydrogen) atoms. The highest BCUT2D eigenvalue weighted by Crippen LogP contribution is 2.43. The summed E-state index contributed by atoms with van der Waals surface area (Å²) in [7, 11) is 0. The van der Waals surface area contributed by atoms with Gasteiger partial charge in [0, 0.05) is 21.6 Å². The van der Waals surface area contributed by atoms with Gasteiger partial charge in [-0.15, -0.1) is 0 Å². The van der Waals surface area contributed by atoms with E-state index in [1.165, 1.54) is 0 Å². The Balaban J connectivity index is 1.84. The van der Waals surface area contributed by atoms with Gasteiger partial charge in [0.25, 0.3) is 0 Å². The SMILES string of the molecule is Cc1cc(Sc2cc(C)cc(C(F)(F)F)c2C#CC2CCCCCC2)c(C#CC2CCCCCC2)c(C(F)(F)F)c1. The van der Waals surface area contributed by atoms with Crippen molar-refractivity contribution in [1.82, 2.24) is 0 Å². The molecule has 2 saturated carbocycles. The van der Waals surface area contributed by atoms with Crippen LogP contribution in [-0.4, -0.2) is 0 Å². The Kier molecular flexibility index (Phi) is 10.5. The predicted molar refractivity (Wildman–Crippen MR) is 153 cm³/mol. The molecule has 2 fully saturated rings. The highest BCUT2D eigenvalue weighted by molar-refractivity contribution is 7.99. The zero-order chi connectivity index (χ0) is 29.6. The van der Waals surface area contributed by atoms with Crippen LogP contribution in [0.5, 0.6) is 0 Å². The van der Waals surface area contributed by atoms with Gasteiger partial charge in [0.15, 0.2) is 0 Å². The van der Waals surface area contributed by atoms with Crippen molar-refractivity contribution in [2.24, 2.45) is 11.8 Å². The summed E-state index contributed by atoms with van der Waals surface area (Å²) in [5, 5.41) is 0. The first-order chi connectivity index (χ1) is 19.4.